The number of hydroxylamine groups is 2. The molecule has 0 spiro atoms. The number of aliphatic hydroxyl groups excluding tert-OH is 2. The summed E-state index contributed by atoms with van der Waals surface area (Å²) < 4.78 is 6.08. The van der Waals surface area contributed by atoms with Crippen LogP contribution in [0.2, 0.25) is 0 Å². The van der Waals surface area contributed by atoms with Gasteiger partial charge in [0.1, 0.15) is 23.9 Å². The number of likely N-dealkylation sites (tertiary alicyclic amines) is 1. The van der Waals surface area contributed by atoms with Crippen LogP contribution >= 0.6 is 0 Å². The molecule has 3 saturated carbocycles. The summed E-state index contributed by atoms with van der Waals surface area (Å²) in [6.45, 7) is 10.1. The minimum Gasteiger partial charge on any atom is -0.496 e. The quantitative estimate of drug-likeness (QED) is 0.225. The molecule has 4 N–H and O–H groups in total. The van der Waals surface area contributed by atoms with Gasteiger partial charge < -0.3 is 40.3 Å². The second-order valence-electron chi connectivity index (χ2n) is 17.7. The molecule has 5 aliphatic rings. The Hall–Kier alpha value is -3.75. The van der Waals surface area contributed by atoms with Crippen LogP contribution < -0.4 is 20.3 Å². The van der Waals surface area contributed by atoms with E-state index in [9.17, 15) is 24.6 Å². The maximum atomic E-state index is 14.3. The third-order valence-electron chi connectivity index (χ3n) is 13.3. The van der Waals surface area contributed by atoms with Crippen molar-refractivity contribution in [1.29, 1.82) is 0 Å². The van der Waals surface area contributed by atoms with E-state index in [-0.39, 0.29) is 42.3 Å². The molecule has 0 aromatic heterocycles. The monoisotopic (exact) mass is 776 g/mol. The molecule has 2 saturated heterocycles. The van der Waals surface area contributed by atoms with Crippen molar-refractivity contribution in [3.63, 3.8) is 0 Å². The average molecular weight is 777 g/mol. The molecule has 5 fully saturated rings. The van der Waals surface area contributed by atoms with Gasteiger partial charge in [-0.2, -0.15) is 5.06 Å². The number of hydrogen-bond acceptors (Lipinski definition) is 10. The van der Waals surface area contributed by atoms with E-state index >= 15 is 0 Å². The second-order valence-corrected chi connectivity index (χ2v) is 17.7. The fourth-order valence-electron chi connectivity index (χ4n) is 9.94. The Morgan fingerprint density at radius 1 is 1.07 bits per heavy atom. The highest BCUT2D eigenvalue weighted by Crippen LogP contribution is 2.61. The van der Waals surface area contributed by atoms with Gasteiger partial charge >= 0.3 is 0 Å². The minimum absolute atomic E-state index is 0.0219. The number of carbonyl (C=O) groups excluding carboxylic acids is 3. The molecule has 2 aromatic carbocycles. The van der Waals surface area contributed by atoms with Gasteiger partial charge in [-0.05, 0) is 93.6 Å². The van der Waals surface area contributed by atoms with Gasteiger partial charge in [0.05, 0.1) is 26.4 Å². The molecule has 2 heterocycles. The lowest BCUT2D eigenvalue weighted by Gasteiger charge is -2.62. The Labute approximate surface area is 332 Å². The summed E-state index contributed by atoms with van der Waals surface area (Å²) in [6.07, 6.45) is 2.34. The van der Waals surface area contributed by atoms with E-state index in [2.05, 4.69) is 31.4 Å². The number of benzene rings is 2. The summed E-state index contributed by atoms with van der Waals surface area (Å²) in [7, 11) is 9.17. The van der Waals surface area contributed by atoms with Gasteiger partial charge in [-0.1, -0.05) is 39.0 Å². The van der Waals surface area contributed by atoms with Crippen LogP contribution in [0.25, 0.3) is 11.1 Å². The van der Waals surface area contributed by atoms with Crippen molar-refractivity contribution >= 4 is 23.4 Å². The van der Waals surface area contributed by atoms with Crippen molar-refractivity contribution in [2.45, 2.75) is 90.3 Å². The van der Waals surface area contributed by atoms with Gasteiger partial charge in [-0.15, -0.1) is 0 Å². The zero-order valence-electron chi connectivity index (χ0n) is 34.7. The number of anilines is 1. The van der Waals surface area contributed by atoms with E-state index in [0.29, 0.717) is 48.7 Å². The van der Waals surface area contributed by atoms with Crippen molar-refractivity contribution in [3.8, 4) is 16.9 Å². The number of likely N-dealkylation sites (N-methyl/N-ethyl adjacent to an activating group) is 1. The lowest BCUT2D eigenvalue weighted by atomic mass is 9.45. The largest absolute Gasteiger partial charge is 0.496 e. The zero-order valence-corrected chi connectivity index (χ0v) is 34.7. The van der Waals surface area contributed by atoms with Gasteiger partial charge in [-0.25, -0.2) is 0 Å². The fraction of sp³-hybridized carbons (Fsp3) is 0.651. The van der Waals surface area contributed by atoms with Crippen LogP contribution in [0, 0.1) is 29.1 Å². The first-order valence-corrected chi connectivity index (χ1v) is 20.3. The number of para-hydroxylation sites is 1. The number of hydrogen-bond donors (Lipinski definition) is 4. The van der Waals surface area contributed by atoms with Gasteiger partial charge in [0.25, 0.3) is 5.91 Å². The third kappa shape index (κ3) is 8.29. The predicted octanol–water partition coefficient (Wildman–Crippen LogP) is 3.37. The van der Waals surface area contributed by atoms with Crippen molar-refractivity contribution in [2.75, 3.05) is 66.4 Å². The van der Waals surface area contributed by atoms with E-state index in [1.807, 2.05) is 79.3 Å². The van der Waals surface area contributed by atoms with Crippen LogP contribution in [0.5, 0.6) is 5.75 Å². The zero-order chi connectivity index (χ0) is 40.6. The van der Waals surface area contributed by atoms with Crippen LogP contribution in [0.4, 0.5) is 5.69 Å². The summed E-state index contributed by atoms with van der Waals surface area (Å²) in [5, 5.41) is 29.3. The van der Waals surface area contributed by atoms with Crippen LogP contribution in [0.1, 0.15) is 69.3 Å². The number of rotatable bonds is 14. The number of nitrogens with one attached hydrogen (secondary N) is 2. The average Bonchev–Trinajstić information content (AvgIpc) is 3.83. The first kappa shape index (κ1) is 41.9. The minimum atomic E-state index is -0.918. The normalized spacial score (nSPS) is 28.1. The number of amides is 3. The Bertz CT molecular complexity index is 1740. The molecule has 56 heavy (non-hydrogen) atoms. The molecule has 308 valence electrons. The summed E-state index contributed by atoms with van der Waals surface area (Å²) in [4.78, 5) is 53.7. The summed E-state index contributed by atoms with van der Waals surface area (Å²) in [5.41, 5.74) is 3.65. The highest BCUT2D eigenvalue weighted by Gasteiger charge is 2.57. The Balaban J connectivity index is 1.28. The number of ether oxygens (including phenoxy) is 1. The first-order chi connectivity index (χ1) is 26.5. The van der Waals surface area contributed by atoms with Crippen LogP contribution in [-0.4, -0.2) is 135 Å². The number of methoxy groups -OCH3 is 1. The van der Waals surface area contributed by atoms with Gasteiger partial charge in [-0.3, -0.25) is 19.2 Å². The number of aliphatic hydroxyl groups is 2. The van der Waals surface area contributed by atoms with Crippen molar-refractivity contribution < 1.29 is 34.2 Å². The topological polar surface area (TPSA) is 147 Å². The number of nitrogens with zero attached hydrogens (tertiary/aromatic N) is 4. The van der Waals surface area contributed by atoms with Crippen LogP contribution in [0.3, 0.4) is 0 Å². The molecular weight excluding hydrogens is 713 g/mol. The highest BCUT2D eigenvalue weighted by atomic mass is 16.7. The molecule has 0 radical (unpaired) electrons. The highest BCUT2D eigenvalue weighted by molar-refractivity contribution is 6.00. The van der Waals surface area contributed by atoms with Crippen molar-refractivity contribution in [2.24, 2.45) is 29.1 Å². The molecule has 13 heteroatoms. The molecular formula is C43H64N6O7. The lowest BCUT2D eigenvalue weighted by Crippen LogP contribution is -2.62. The van der Waals surface area contributed by atoms with E-state index < -0.39 is 30.2 Å². The molecule has 9 atom stereocenters. The molecule has 13 nitrogen and oxygen atoms in total. The summed E-state index contributed by atoms with van der Waals surface area (Å²) >= 11 is 0. The van der Waals surface area contributed by atoms with Crippen LogP contribution in [0.15, 0.2) is 36.4 Å². The van der Waals surface area contributed by atoms with Crippen LogP contribution in [-0.2, 0) is 21.0 Å². The molecule has 3 aliphatic carbocycles. The Morgan fingerprint density at radius 3 is 2.38 bits per heavy atom. The molecule has 2 aromatic rings. The van der Waals surface area contributed by atoms with Crippen molar-refractivity contribution in [3.05, 3.63) is 47.5 Å². The predicted molar refractivity (Wildman–Crippen MR) is 216 cm³/mol. The SMILES string of the molecule is COc1c(CN2O[C@@H](CO)[C@H]([C@H](C)O)[C@H]2C(=O)N[C@H]2C[C@@H]3C[C@@H]([C@@H]2C)C3(C)C)cccc1-c1cc(C(=O)N[C@H](CN(C)C)C(=O)N2CCCC2)cc(N(C)C)c1. The van der Waals surface area contributed by atoms with E-state index in [4.69, 9.17) is 9.57 Å². The molecule has 3 amide bonds. The summed E-state index contributed by atoms with van der Waals surface area (Å²) in [6, 6.07) is 9.80. The standard InChI is InChI=1S/C43H64N6O7/c1-25-33-20-30(43(33,3)4)21-34(25)44-41(53)38-37(26(2)51)36(24-50)56-49(38)22-27-13-12-14-32(39(27)55-9)28-17-29(19-31(18-28)47(7)8)40(52)45-35(23-46(5)6)42(54)48-15-10-11-16-48/h12-14,17-19,25-26,30,33-38,50-51H,10-11,15-16,20-24H2,1-9H3,(H,44,53)(H,45,52)/t25-,26-,30-,33-,34-,35+,36-,37-,38-/m0/s1. The fourth-order valence-corrected chi connectivity index (χ4v) is 9.94. The molecule has 7 rings (SSSR count). The van der Waals surface area contributed by atoms with Crippen molar-refractivity contribution in [1.82, 2.24) is 25.5 Å². The first-order valence-electron chi connectivity index (χ1n) is 20.3. The number of carbonyl (C=O) groups is 3. The smallest absolute Gasteiger partial charge is 0.252 e. The maximum absolute atomic E-state index is 14.3. The third-order valence-corrected chi connectivity index (χ3v) is 13.3. The van der Waals surface area contributed by atoms with E-state index in [1.165, 1.54) is 6.42 Å². The molecule has 2 aliphatic heterocycles. The second kappa shape index (κ2) is 17.0. The maximum Gasteiger partial charge on any atom is 0.252 e. The van der Waals surface area contributed by atoms with Gasteiger partial charge in [0.15, 0.2) is 0 Å². The van der Waals surface area contributed by atoms with Gasteiger partial charge in [0, 0.05) is 68.1 Å². The van der Waals surface area contributed by atoms with E-state index in [0.717, 1.165) is 41.6 Å². The Morgan fingerprint density at radius 2 is 1.79 bits per heavy atom. The lowest BCUT2D eigenvalue weighted by molar-refractivity contribution is -0.183. The van der Waals surface area contributed by atoms with E-state index in [1.54, 1.807) is 19.1 Å². The molecule has 2 bridgehead atoms. The van der Waals surface area contributed by atoms with Gasteiger partial charge in [0.2, 0.25) is 11.8 Å². The summed E-state index contributed by atoms with van der Waals surface area (Å²) in [5.74, 6) is 0.653. The molecule has 0 unspecified atom stereocenters. The Kier molecular flexibility index (Phi) is 12.7. The number of fused-ring (bicyclic) bond motifs is 2.